The summed E-state index contributed by atoms with van der Waals surface area (Å²) in [7, 11) is -3.62. The van der Waals surface area contributed by atoms with Gasteiger partial charge in [0.1, 0.15) is 0 Å². The fourth-order valence-electron chi connectivity index (χ4n) is 3.49. The van der Waals surface area contributed by atoms with E-state index in [-0.39, 0.29) is 5.04 Å². The smallest absolute Gasteiger partial charge is 0.200 e. The van der Waals surface area contributed by atoms with Gasteiger partial charge in [-0.05, 0) is 41.2 Å². The maximum atomic E-state index is 10.4. The van der Waals surface area contributed by atoms with Crippen molar-refractivity contribution in [2.24, 2.45) is 0 Å². The van der Waals surface area contributed by atoms with Crippen LogP contribution in [0.5, 0.6) is 0 Å². The first-order valence-corrected chi connectivity index (χ1v) is 14.7. The second-order valence-corrected chi connectivity index (χ2v) is 19.9. The molecule has 3 nitrogen and oxygen atoms in total. The molecule has 0 heterocycles. The third-order valence-corrected chi connectivity index (χ3v) is 16.6. The Balaban J connectivity index is 4.60. The topological polar surface area (TPSA) is 38.7 Å². The molecule has 0 spiro atoms. The first-order valence-electron chi connectivity index (χ1n) is 9.64. The standard InChI is InChI=1S/C19H44O3Si2/c1-15(2)24(16(3)4,17(5)6)22-14-18(20)12-13-21-23(10,11)19(7,8)9/h15-18,20H,12-14H2,1-11H3/t18-/m1/s1. The minimum absolute atomic E-state index is 0.212. The van der Waals surface area contributed by atoms with Gasteiger partial charge in [0.2, 0.25) is 0 Å². The summed E-state index contributed by atoms with van der Waals surface area (Å²) >= 11 is 0. The molecule has 0 aliphatic carbocycles. The summed E-state index contributed by atoms with van der Waals surface area (Å²) in [5.74, 6) is 0. The predicted molar refractivity (Wildman–Crippen MR) is 111 cm³/mol. The average molecular weight is 377 g/mol. The third-order valence-electron chi connectivity index (χ3n) is 5.95. The van der Waals surface area contributed by atoms with Crippen molar-refractivity contribution in [1.82, 2.24) is 0 Å². The van der Waals surface area contributed by atoms with Crippen molar-refractivity contribution in [2.75, 3.05) is 13.2 Å². The quantitative estimate of drug-likeness (QED) is 0.479. The van der Waals surface area contributed by atoms with Gasteiger partial charge in [-0.1, -0.05) is 62.3 Å². The van der Waals surface area contributed by atoms with Crippen LogP contribution in [-0.4, -0.2) is 41.1 Å². The molecule has 0 amide bonds. The van der Waals surface area contributed by atoms with E-state index in [1.54, 1.807) is 0 Å². The molecule has 0 aliphatic rings. The monoisotopic (exact) mass is 376 g/mol. The van der Waals surface area contributed by atoms with Crippen LogP contribution in [0.3, 0.4) is 0 Å². The fourth-order valence-corrected chi connectivity index (χ4v) is 10.0. The van der Waals surface area contributed by atoms with Crippen molar-refractivity contribution < 1.29 is 14.0 Å². The summed E-state index contributed by atoms with van der Waals surface area (Å²) in [5, 5.41) is 10.6. The first kappa shape index (κ1) is 24.3. The SMILES string of the molecule is CC(C)[Si](OC[C@H](O)CCO[Si](C)(C)C(C)(C)C)(C(C)C)C(C)C. The van der Waals surface area contributed by atoms with Crippen LogP contribution in [0.1, 0.15) is 68.7 Å². The average Bonchev–Trinajstić information content (AvgIpc) is 2.36. The van der Waals surface area contributed by atoms with Crippen molar-refractivity contribution in [3.05, 3.63) is 0 Å². The molecule has 0 aromatic rings. The summed E-state index contributed by atoms with van der Waals surface area (Å²) in [5.41, 5.74) is 1.65. The molecule has 0 aromatic heterocycles. The summed E-state index contributed by atoms with van der Waals surface area (Å²) in [6.45, 7) is 26.0. The van der Waals surface area contributed by atoms with E-state index in [0.717, 1.165) is 0 Å². The predicted octanol–water partition coefficient (Wildman–Crippen LogP) is 5.95. The van der Waals surface area contributed by atoms with Gasteiger partial charge in [-0.2, -0.15) is 0 Å². The molecule has 0 unspecified atom stereocenters. The molecule has 0 rings (SSSR count). The Bertz CT molecular complexity index is 338. The lowest BCUT2D eigenvalue weighted by Crippen LogP contribution is -2.49. The largest absolute Gasteiger partial charge is 0.417 e. The lowest BCUT2D eigenvalue weighted by Gasteiger charge is -2.42. The van der Waals surface area contributed by atoms with E-state index >= 15 is 0 Å². The minimum Gasteiger partial charge on any atom is -0.417 e. The molecule has 0 radical (unpaired) electrons. The molecule has 0 saturated carbocycles. The molecular weight excluding hydrogens is 332 g/mol. The van der Waals surface area contributed by atoms with Gasteiger partial charge >= 0.3 is 0 Å². The summed E-state index contributed by atoms with van der Waals surface area (Å²) in [6, 6.07) is 0. The van der Waals surface area contributed by atoms with Gasteiger partial charge in [0.05, 0.1) is 12.7 Å². The molecule has 1 N–H and O–H groups in total. The van der Waals surface area contributed by atoms with Crippen molar-refractivity contribution >= 4 is 16.6 Å². The highest BCUT2D eigenvalue weighted by Crippen LogP contribution is 2.42. The number of aliphatic hydroxyl groups excluding tert-OH is 1. The number of rotatable bonds is 10. The fraction of sp³-hybridized carbons (Fsp3) is 1.00. The van der Waals surface area contributed by atoms with Crippen molar-refractivity contribution in [2.45, 2.75) is 110 Å². The maximum Gasteiger partial charge on any atom is 0.200 e. The van der Waals surface area contributed by atoms with Crippen LogP contribution < -0.4 is 0 Å². The lowest BCUT2D eigenvalue weighted by atomic mass is 10.2. The molecular formula is C19H44O3Si2. The minimum atomic E-state index is -1.89. The van der Waals surface area contributed by atoms with E-state index in [4.69, 9.17) is 8.85 Å². The highest BCUT2D eigenvalue weighted by molar-refractivity contribution is 6.77. The zero-order valence-electron chi connectivity index (χ0n) is 18.2. The second kappa shape index (κ2) is 9.31. The van der Waals surface area contributed by atoms with Crippen LogP contribution >= 0.6 is 0 Å². The van der Waals surface area contributed by atoms with E-state index in [9.17, 15) is 5.11 Å². The molecule has 24 heavy (non-hydrogen) atoms. The molecule has 0 bridgehead atoms. The Morgan fingerprint density at radius 2 is 1.25 bits per heavy atom. The molecule has 0 saturated heterocycles. The third kappa shape index (κ3) is 6.24. The van der Waals surface area contributed by atoms with E-state index in [0.29, 0.717) is 36.3 Å². The van der Waals surface area contributed by atoms with Gasteiger partial charge in [-0.25, -0.2) is 0 Å². The highest BCUT2D eigenvalue weighted by atomic mass is 28.4. The Morgan fingerprint density at radius 3 is 1.58 bits per heavy atom. The molecule has 0 aromatic carbocycles. The van der Waals surface area contributed by atoms with Gasteiger partial charge in [-0.15, -0.1) is 0 Å². The molecule has 5 heteroatoms. The lowest BCUT2D eigenvalue weighted by molar-refractivity contribution is 0.0758. The molecule has 1 atom stereocenters. The van der Waals surface area contributed by atoms with E-state index in [2.05, 4.69) is 75.4 Å². The molecule has 0 aliphatic heterocycles. The van der Waals surface area contributed by atoms with Gasteiger partial charge in [-0.3, -0.25) is 0 Å². The number of hydrogen-bond acceptors (Lipinski definition) is 3. The van der Waals surface area contributed by atoms with Crippen LogP contribution in [0.15, 0.2) is 0 Å². The van der Waals surface area contributed by atoms with Crippen LogP contribution in [0.4, 0.5) is 0 Å². The number of hydrogen-bond donors (Lipinski definition) is 1. The normalized spacial score (nSPS) is 15.6. The summed E-state index contributed by atoms with van der Waals surface area (Å²) < 4.78 is 12.6. The van der Waals surface area contributed by atoms with Crippen molar-refractivity contribution in [3.63, 3.8) is 0 Å². The summed E-state index contributed by atoms with van der Waals surface area (Å²) in [6.07, 6.45) is 0.226. The van der Waals surface area contributed by atoms with Gasteiger partial charge in [0.15, 0.2) is 16.6 Å². The zero-order valence-corrected chi connectivity index (χ0v) is 20.2. The Hall–Kier alpha value is 0.314. The first-order chi connectivity index (χ1) is 10.7. The van der Waals surface area contributed by atoms with Gasteiger partial charge < -0.3 is 14.0 Å². The second-order valence-electron chi connectivity index (χ2n) is 9.68. The van der Waals surface area contributed by atoms with Crippen molar-refractivity contribution in [1.29, 1.82) is 0 Å². The van der Waals surface area contributed by atoms with Crippen molar-refractivity contribution in [3.8, 4) is 0 Å². The van der Waals surface area contributed by atoms with Crippen LogP contribution in [0.2, 0.25) is 34.8 Å². The van der Waals surface area contributed by atoms with E-state index in [1.165, 1.54) is 0 Å². The maximum absolute atomic E-state index is 10.4. The Morgan fingerprint density at radius 1 is 0.833 bits per heavy atom. The van der Waals surface area contributed by atoms with Crippen LogP contribution in [0, 0.1) is 0 Å². The Labute approximate surface area is 153 Å². The zero-order chi connectivity index (χ0) is 19.3. The van der Waals surface area contributed by atoms with E-state index in [1.807, 2.05) is 0 Å². The van der Waals surface area contributed by atoms with Crippen LogP contribution in [-0.2, 0) is 8.85 Å². The summed E-state index contributed by atoms with van der Waals surface area (Å²) in [4.78, 5) is 0. The van der Waals surface area contributed by atoms with Gasteiger partial charge in [0.25, 0.3) is 0 Å². The molecule has 0 fully saturated rings. The van der Waals surface area contributed by atoms with E-state index < -0.39 is 22.7 Å². The Kier molecular flexibility index (Phi) is 9.43. The van der Waals surface area contributed by atoms with Crippen LogP contribution in [0.25, 0.3) is 0 Å². The molecule has 146 valence electrons. The van der Waals surface area contributed by atoms with Gasteiger partial charge in [0, 0.05) is 6.61 Å². The number of aliphatic hydroxyl groups is 1. The highest BCUT2D eigenvalue weighted by Gasteiger charge is 2.45.